The predicted octanol–water partition coefficient (Wildman–Crippen LogP) is 1.93. The van der Waals surface area contributed by atoms with Crippen LogP contribution in [0, 0.1) is 0 Å². The molecule has 2 rings (SSSR count). The summed E-state index contributed by atoms with van der Waals surface area (Å²) in [6.07, 6.45) is 0.571. The van der Waals surface area contributed by atoms with Gasteiger partial charge in [-0.1, -0.05) is 0 Å². The molecule has 0 saturated heterocycles. The summed E-state index contributed by atoms with van der Waals surface area (Å²) in [4.78, 5) is 11.8. The minimum absolute atomic E-state index is 0.211. The number of carbonyl (C=O) groups is 1. The zero-order valence-electron chi connectivity index (χ0n) is 9.72. The fraction of sp³-hybridized carbons (Fsp3) is 0.133. The van der Waals surface area contributed by atoms with Gasteiger partial charge in [-0.05, 0) is 0 Å². The van der Waals surface area contributed by atoms with E-state index in [4.69, 9.17) is 0 Å². The average molecular weight is 289 g/mol. The summed E-state index contributed by atoms with van der Waals surface area (Å²) in [7, 11) is 0. The number of carbonyl (C=O) groups excluding carboxylic acids is 1. The van der Waals surface area contributed by atoms with Gasteiger partial charge >= 0.3 is 108 Å². The molecule has 0 aliphatic heterocycles. The molecule has 86 valence electrons. The summed E-state index contributed by atoms with van der Waals surface area (Å²) in [5.74, 6) is 0.235. The Balaban J connectivity index is 2.30. The summed E-state index contributed by atoms with van der Waals surface area (Å²) in [5, 5.41) is 0. The Hall–Kier alpha value is -1.37. The molecule has 0 atom stereocenters. The van der Waals surface area contributed by atoms with Gasteiger partial charge in [0.1, 0.15) is 0 Å². The standard InChI is InChI=1S/C15H14OSe/c1-2-14(16)13-10-6-7-11-15(13)17-12-8-4-3-5-9-12/h3-11H,2H2,1H3. The fourth-order valence-corrected chi connectivity index (χ4v) is 3.66. The first-order valence-corrected chi connectivity index (χ1v) is 7.37. The third-order valence-corrected chi connectivity index (χ3v) is 4.75. The molecule has 0 fully saturated rings. The van der Waals surface area contributed by atoms with Crippen LogP contribution in [0.4, 0.5) is 0 Å². The quantitative estimate of drug-likeness (QED) is 0.621. The Kier molecular flexibility index (Phi) is 4.13. The second-order valence-electron chi connectivity index (χ2n) is 3.69. The Morgan fingerprint density at radius 2 is 1.65 bits per heavy atom. The molecule has 0 saturated carbocycles. The molecule has 0 aliphatic rings. The molecular formula is C15H14OSe. The fourth-order valence-electron chi connectivity index (χ4n) is 1.59. The molecule has 2 aromatic rings. The van der Waals surface area contributed by atoms with Crippen LogP contribution in [0.1, 0.15) is 23.7 Å². The molecular weight excluding hydrogens is 275 g/mol. The first kappa shape index (κ1) is 12.1. The molecule has 0 N–H and O–H groups in total. The van der Waals surface area contributed by atoms with Crippen LogP contribution in [-0.4, -0.2) is 20.7 Å². The zero-order chi connectivity index (χ0) is 12.1. The third kappa shape index (κ3) is 3.06. The van der Waals surface area contributed by atoms with Crippen molar-refractivity contribution < 1.29 is 4.79 Å². The zero-order valence-corrected chi connectivity index (χ0v) is 11.4. The van der Waals surface area contributed by atoms with Crippen LogP contribution in [0.3, 0.4) is 0 Å². The SMILES string of the molecule is CCC(=O)c1ccccc1[Se]c1ccccc1. The van der Waals surface area contributed by atoms with Gasteiger partial charge in [-0.15, -0.1) is 0 Å². The average Bonchev–Trinajstić information content (AvgIpc) is 2.40. The van der Waals surface area contributed by atoms with Crippen LogP contribution < -0.4 is 8.92 Å². The van der Waals surface area contributed by atoms with Crippen molar-refractivity contribution in [3.63, 3.8) is 0 Å². The van der Waals surface area contributed by atoms with Crippen LogP contribution in [0.15, 0.2) is 54.6 Å². The topological polar surface area (TPSA) is 17.1 Å². The van der Waals surface area contributed by atoms with Gasteiger partial charge in [0, 0.05) is 0 Å². The van der Waals surface area contributed by atoms with Gasteiger partial charge < -0.3 is 0 Å². The van der Waals surface area contributed by atoms with E-state index in [9.17, 15) is 4.79 Å². The van der Waals surface area contributed by atoms with E-state index in [1.807, 2.05) is 43.3 Å². The molecule has 0 amide bonds. The van der Waals surface area contributed by atoms with Gasteiger partial charge in [-0.2, -0.15) is 0 Å². The molecule has 2 heteroatoms. The van der Waals surface area contributed by atoms with Gasteiger partial charge in [0.05, 0.1) is 0 Å². The predicted molar refractivity (Wildman–Crippen MR) is 72.5 cm³/mol. The molecule has 0 aliphatic carbocycles. The Morgan fingerprint density at radius 3 is 2.35 bits per heavy atom. The second kappa shape index (κ2) is 5.81. The number of Topliss-reactive ketones (excluding diaryl/α,β-unsaturated/α-hetero) is 1. The van der Waals surface area contributed by atoms with E-state index in [1.165, 1.54) is 8.92 Å². The summed E-state index contributed by atoms with van der Waals surface area (Å²) < 4.78 is 2.48. The van der Waals surface area contributed by atoms with Crippen LogP contribution in [0.2, 0.25) is 0 Å². The van der Waals surface area contributed by atoms with Crippen molar-refractivity contribution in [1.82, 2.24) is 0 Å². The number of benzene rings is 2. The van der Waals surface area contributed by atoms with E-state index in [1.54, 1.807) is 0 Å². The van der Waals surface area contributed by atoms with Crippen LogP contribution in [-0.2, 0) is 0 Å². The molecule has 0 spiro atoms. The minimum atomic E-state index is 0.211. The molecule has 2 aromatic carbocycles. The van der Waals surface area contributed by atoms with E-state index in [2.05, 4.69) is 18.2 Å². The number of ketones is 1. The summed E-state index contributed by atoms with van der Waals surface area (Å²) >= 11 is 0.211. The molecule has 0 heterocycles. The molecule has 1 nitrogen and oxygen atoms in total. The molecule has 0 unspecified atom stereocenters. The summed E-state index contributed by atoms with van der Waals surface area (Å²) in [6, 6.07) is 18.3. The van der Waals surface area contributed by atoms with Crippen molar-refractivity contribution in [2.24, 2.45) is 0 Å². The van der Waals surface area contributed by atoms with Gasteiger partial charge in [-0.25, -0.2) is 0 Å². The number of rotatable bonds is 4. The van der Waals surface area contributed by atoms with E-state index in [0.29, 0.717) is 6.42 Å². The van der Waals surface area contributed by atoms with Crippen molar-refractivity contribution in [3.05, 3.63) is 60.2 Å². The van der Waals surface area contributed by atoms with Crippen LogP contribution in [0.5, 0.6) is 0 Å². The first-order valence-electron chi connectivity index (χ1n) is 5.66. The Bertz CT molecular complexity index is 505. The van der Waals surface area contributed by atoms with E-state index in [-0.39, 0.29) is 20.7 Å². The molecule has 0 radical (unpaired) electrons. The maximum absolute atomic E-state index is 11.8. The van der Waals surface area contributed by atoms with Gasteiger partial charge in [-0.3, -0.25) is 0 Å². The van der Waals surface area contributed by atoms with Gasteiger partial charge in [0.15, 0.2) is 0 Å². The maximum atomic E-state index is 11.8. The van der Waals surface area contributed by atoms with Gasteiger partial charge in [0.25, 0.3) is 0 Å². The Labute approximate surface area is 108 Å². The van der Waals surface area contributed by atoms with Crippen molar-refractivity contribution in [2.75, 3.05) is 0 Å². The second-order valence-corrected chi connectivity index (χ2v) is 6.03. The monoisotopic (exact) mass is 290 g/mol. The normalized spacial score (nSPS) is 10.2. The van der Waals surface area contributed by atoms with Crippen molar-refractivity contribution in [1.29, 1.82) is 0 Å². The molecule has 0 aromatic heterocycles. The van der Waals surface area contributed by atoms with E-state index >= 15 is 0 Å². The van der Waals surface area contributed by atoms with Crippen molar-refractivity contribution in [2.45, 2.75) is 13.3 Å². The molecule has 0 bridgehead atoms. The molecule has 17 heavy (non-hydrogen) atoms. The third-order valence-electron chi connectivity index (χ3n) is 2.48. The number of hydrogen-bond acceptors (Lipinski definition) is 1. The Morgan fingerprint density at radius 1 is 1.00 bits per heavy atom. The van der Waals surface area contributed by atoms with Gasteiger partial charge in [0.2, 0.25) is 0 Å². The van der Waals surface area contributed by atoms with Crippen molar-refractivity contribution >= 4 is 29.7 Å². The first-order chi connectivity index (χ1) is 8.31. The van der Waals surface area contributed by atoms with E-state index < -0.39 is 0 Å². The summed E-state index contributed by atoms with van der Waals surface area (Å²) in [5.41, 5.74) is 0.888. The summed E-state index contributed by atoms with van der Waals surface area (Å²) in [6.45, 7) is 1.91. The number of hydrogen-bond donors (Lipinski definition) is 0. The van der Waals surface area contributed by atoms with E-state index in [0.717, 1.165) is 5.56 Å². The van der Waals surface area contributed by atoms with Crippen LogP contribution >= 0.6 is 0 Å². The van der Waals surface area contributed by atoms with Crippen LogP contribution in [0.25, 0.3) is 0 Å². The van der Waals surface area contributed by atoms with Crippen molar-refractivity contribution in [3.8, 4) is 0 Å².